The lowest BCUT2D eigenvalue weighted by Gasteiger charge is -2.07. The molecule has 1 N–H and O–H groups in total. The normalized spacial score (nSPS) is 11.5. The molecule has 0 bridgehead atoms. The van der Waals surface area contributed by atoms with Gasteiger partial charge in [0.15, 0.2) is 4.77 Å². The Bertz CT molecular complexity index is 577. The second kappa shape index (κ2) is 4.25. The third-order valence-corrected chi connectivity index (χ3v) is 2.17. The van der Waals surface area contributed by atoms with E-state index in [1.54, 1.807) is 18.2 Å². The van der Waals surface area contributed by atoms with Gasteiger partial charge in [-0.05, 0) is 30.4 Å². The minimum absolute atomic E-state index is 0.0988. The molecule has 0 fully saturated rings. The average Bonchev–Trinajstić information content (AvgIpc) is 2.28. The first kappa shape index (κ1) is 11.7. The Kier molecular flexibility index (Phi) is 2.93. The van der Waals surface area contributed by atoms with Crippen molar-refractivity contribution in [2.45, 2.75) is 6.18 Å². The molecule has 0 aliphatic heterocycles. The van der Waals surface area contributed by atoms with E-state index in [4.69, 9.17) is 0 Å². The molecule has 17 heavy (non-hydrogen) atoms. The molecular weight excluding hydrogens is 251 g/mol. The van der Waals surface area contributed by atoms with Gasteiger partial charge in [-0.15, -0.1) is 0 Å². The van der Waals surface area contributed by atoms with Crippen molar-refractivity contribution in [2.75, 3.05) is 0 Å². The van der Waals surface area contributed by atoms with E-state index in [-0.39, 0.29) is 10.5 Å². The van der Waals surface area contributed by atoms with Crippen LogP contribution < -0.4 is 0 Å². The summed E-state index contributed by atoms with van der Waals surface area (Å²) in [5, 5.41) is 0. The Labute approximate surface area is 99.4 Å². The molecule has 0 unspecified atom stereocenters. The summed E-state index contributed by atoms with van der Waals surface area (Å²) in [6.45, 7) is 0. The maximum absolute atomic E-state index is 12.5. The molecule has 0 atom stereocenters. The number of alkyl halides is 3. The average molecular weight is 257 g/mol. The van der Waals surface area contributed by atoms with Crippen molar-refractivity contribution in [3.8, 4) is 11.4 Å². The highest BCUT2D eigenvalue weighted by Gasteiger charge is 2.32. The van der Waals surface area contributed by atoms with Crippen LogP contribution in [-0.4, -0.2) is 15.0 Å². The van der Waals surface area contributed by atoms with Crippen LogP contribution in [0.25, 0.3) is 11.4 Å². The monoisotopic (exact) mass is 257 g/mol. The molecule has 0 radical (unpaired) electrons. The predicted molar refractivity (Wildman–Crippen MR) is 57.7 cm³/mol. The molecule has 2 rings (SSSR count). The number of halogens is 3. The molecule has 2 heterocycles. The van der Waals surface area contributed by atoms with E-state index < -0.39 is 11.9 Å². The number of hydrogen-bond acceptors (Lipinski definition) is 3. The summed E-state index contributed by atoms with van der Waals surface area (Å²) in [6, 6.07) is 5.78. The molecular formula is C10H6F3N3S. The van der Waals surface area contributed by atoms with Crippen LogP contribution in [0.3, 0.4) is 0 Å². The van der Waals surface area contributed by atoms with Crippen LogP contribution in [0.5, 0.6) is 0 Å². The van der Waals surface area contributed by atoms with Gasteiger partial charge in [-0.25, -0.2) is 4.98 Å². The standard InChI is InChI=1S/C10H6F3N3S/c11-10(12,13)8-5-7(15-9(17)16-8)6-3-1-2-4-14-6/h1-5H,(H,15,16,17). The molecule has 2 aromatic heterocycles. The van der Waals surface area contributed by atoms with Crippen LogP contribution in [0, 0.1) is 4.77 Å². The number of aromatic amines is 1. The van der Waals surface area contributed by atoms with Crippen molar-refractivity contribution in [1.82, 2.24) is 15.0 Å². The van der Waals surface area contributed by atoms with Crippen molar-refractivity contribution in [1.29, 1.82) is 0 Å². The fourth-order valence-electron chi connectivity index (χ4n) is 1.26. The van der Waals surface area contributed by atoms with Gasteiger partial charge in [0, 0.05) is 6.20 Å². The molecule has 0 aromatic carbocycles. The number of nitrogens with one attached hydrogen (secondary N) is 1. The van der Waals surface area contributed by atoms with Gasteiger partial charge in [0.05, 0.1) is 11.4 Å². The predicted octanol–water partition coefficient (Wildman–Crippen LogP) is 3.22. The lowest BCUT2D eigenvalue weighted by atomic mass is 10.2. The zero-order valence-corrected chi connectivity index (χ0v) is 9.14. The Morgan fingerprint density at radius 3 is 2.53 bits per heavy atom. The maximum atomic E-state index is 12.5. The Balaban J connectivity index is 2.58. The minimum Gasteiger partial charge on any atom is -0.327 e. The molecule has 0 amide bonds. The molecule has 0 aliphatic carbocycles. The van der Waals surface area contributed by atoms with E-state index >= 15 is 0 Å². The van der Waals surface area contributed by atoms with Gasteiger partial charge in [-0.2, -0.15) is 13.2 Å². The van der Waals surface area contributed by atoms with Gasteiger partial charge in [0.25, 0.3) is 0 Å². The molecule has 7 heteroatoms. The number of nitrogens with zero attached hydrogens (tertiary/aromatic N) is 2. The number of hydrogen-bond donors (Lipinski definition) is 1. The molecule has 0 aliphatic rings. The van der Waals surface area contributed by atoms with Crippen LogP contribution in [0.15, 0.2) is 30.5 Å². The van der Waals surface area contributed by atoms with Crippen molar-refractivity contribution in [3.63, 3.8) is 0 Å². The van der Waals surface area contributed by atoms with E-state index in [9.17, 15) is 13.2 Å². The second-order valence-corrected chi connectivity index (χ2v) is 3.58. The highest BCUT2D eigenvalue weighted by Crippen LogP contribution is 2.29. The van der Waals surface area contributed by atoms with E-state index in [0.717, 1.165) is 6.07 Å². The first-order chi connectivity index (χ1) is 7.97. The summed E-state index contributed by atoms with van der Waals surface area (Å²) in [5.41, 5.74) is -0.488. The zero-order valence-electron chi connectivity index (χ0n) is 8.32. The van der Waals surface area contributed by atoms with Gasteiger partial charge in [-0.1, -0.05) is 6.07 Å². The van der Waals surface area contributed by atoms with Gasteiger partial charge in [0.1, 0.15) is 5.69 Å². The van der Waals surface area contributed by atoms with Crippen LogP contribution in [0.1, 0.15) is 5.69 Å². The summed E-state index contributed by atoms with van der Waals surface area (Å²) in [7, 11) is 0. The Morgan fingerprint density at radius 2 is 1.94 bits per heavy atom. The highest BCUT2D eigenvalue weighted by atomic mass is 32.1. The third kappa shape index (κ3) is 2.68. The smallest absolute Gasteiger partial charge is 0.327 e. The first-order valence-electron chi connectivity index (χ1n) is 4.57. The van der Waals surface area contributed by atoms with Gasteiger partial charge < -0.3 is 4.98 Å². The van der Waals surface area contributed by atoms with Crippen molar-refractivity contribution in [2.24, 2.45) is 0 Å². The zero-order chi connectivity index (χ0) is 12.5. The van der Waals surface area contributed by atoms with E-state index in [0.29, 0.717) is 5.69 Å². The van der Waals surface area contributed by atoms with Gasteiger partial charge >= 0.3 is 6.18 Å². The Hall–Kier alpha value is -1.76. The van der Waals surface area contributed by atoms with Gasteiger partial charge in [-0.3, -0.25) is 4.98 Å². The van der Waals surface area contributed by atoms with E-state index in [1.807, 2.05) is 4.98 Å². The van der Waals surface area contributed by atoms with E-state index in [1.165, 1.54) is 6.20 Å². The van der Waals surface area contributed by atoms with E-state index in [2.05, 4.69) is 22.2 Å². The second-order valence-electron chi connectivity index (χ2n) is 3.20. The summed E-state index contributed by atoms with van der Waals surface area (Å²) < 4.78 is 37.4. The van der Waals surface area contributed by atoms with Crippen molar-refractivity contribution in [3.05, 3.63) is 40.9 Å². The summed E-state index contributed by atoms with van der Waals surface area (Å²) in [4.78, 5) is 9.75. The number of rotatable bonds is 1. The highest BCUT2D eigenvalue weighted by molar-refractivity contribution is 7.71. The number of pyridine rings is 1. The largest absolute Gasteiger partial charge is 0.431 e. The molecule has 0 saturated carbocycles. The quantitative estimate of drug-likeness (QED) is 0.797. The maximum Gasteiger partial charge on any atom is 0.431 e. The summed E-state index contributed by atoms with van der Waals surface area (Å²) in [5.74, 6) is 0. The fraction of sp³-hybridized carbons (Fsp3) is 0.100. The molecule has 0 saturated heterocycles. The van der Waals surface area contributed by atoms with Crippen LogP contribution >= 0.6 is 12.2 Å². The number of H-pyrrole nitrogens is 1. The first-order valence-corrected chi connectivity index (χ1v) is 4.97. The van der Waals surface area contributed by atoms with Crippen molar-refractivity contribution >= 4 is 12.2 Å². The fourth-order valence-corrected chi connectivity index (χ4v) is 1.46. The lowest BCUT2D eigenvalue weighted by molar-refractivity contribution is -0.141. The third-order valence-electron chi connectivity index (χ3n) is 1.98. The summed E-state index contributed by atoms with van der Waals surface area (Å²) in [6.07, 6.45) is -3.01. The molecule has 3 nitrogen and oxygen atoms in total. The Morgan fingerprint density at radius 1 is 1.18 bits per heavy atom. The van der Waals surface area contributed by atoms with Crippen LogP contribution in [-0.2, 0) is 6.18 Å². The topological polar surface area (TPSA) is 41.6 Å². The van der Waals surface area contributed by atoms with Crippen molar-refractivity contribution < 1.29 is 13.2 Å². The van der Waals surface area contributed by atoms with Crippen LogP contribution in [0.4, 0.5) is 13.2 Å². The SMILES string of the molecule is FC(F)(F)c1cc(-c2ccccn2)nc(=S)[nH]1. The summed E-state index contributed by atoms with van der Waals surface area (Å²) >= 11 is 4.66. The van der Waals surface area contributed by atoms with Crippen LogP contribution in [0.2, 0.25) is 0 Å². The van der Waals surface area contributed by atoms with Gasteiger partial charge in [0.2, 0.25) is 0 Å². The minimum atomic E-state index is -4.49. The lowest BCUT2D eigenvalue weighted by Crippen LogP contribution is -2.09. The molecule has 2 aromatic rings. The molecule has 0 spiro atoms. The number of aromatic nitrogens is 3. The molecule has 88 valence electrons.